The summed E-state index contributed by atoms with van der Waals surface area (Å²) < 4.78 is 1.14. The molecule has 2 aliphatic rings. The number of halogens is 1. The smallest absolute Gasteiger partial charge is 0.224 e. The first-order valence-corrected chi connectivity index (χ1v) is 9.19. The minimum Gasteiger partial charge on any atom is -0.352 e. The third kappa shape index (κ3) is 3.34. The molecule has 4 rings (SSSR count). The second-order valence-corrected chi connectivity index (χ2v) is 7.36. The fraction of sp³-hybridized carbons (Fsp3) is 0.444. The topological polar surface area (TPSA) is 41.1 Å². The lowest BCUT2D eigenvalue weighted by atomic mass is 10.00. The highest BCUT2D eigenvalue weighted by atomic mass is 79.9. The number of anilines is 2. The van der Waals surface area contributed by atoms with Crippen LogP contribution in [-0.2, 0) is 13.0 Å². The minimum absolute atomic E-state index is 0.545. The molecule has 1 N–H and O–H groups in total. The van der Waals surface area contributed by atoms with E-state index in [1.807, 2.05) is 12.3 Å². The zero-order valence-electron chi connectivity index (χ0n) is 13.1. The van der Waals surface area contributed by atoms with E-state index < -0.39 is 0 Å². The van der Waals surface area contributed by atoms with Crippen LogP contribution >= 0.6 is 15.9 Å². The van der Waals surface area contributed by atoms with Gasteiger partial charge in [0.1, 0.15) is 5.82 Å². The molecular formula is C18H21BrN4. The van der Waals surface area contributed by atoms with Crippen LogP contribution in [0.2, 0.25) is 0 Å². The lowest BCUT2D eigenvalue weighted by Gasteiger charge is -2.30. The Morgan fingerprint density at radius 2 is 2.00 bits per heavy atom. The molecule has 1 fully saturated rings. The molecular weight excluding hydrogens is 352 g/mol. The van der Waals surface area contributed by atoms with Crippen LogP contribution in [-0.4, -0.2) is 22.6 Å². The van der Waals surface area contributed by atoms with Gasteiger partial charge in [0.15, 0.2) is 0 Å². The van der Waals surface area contributed by atoms with E-state index in [0.29, 0.717) is 6.04 Å². The zero-order valence-corrected chi connectivity index (χ0v) is 14.7. The van der Waals surface area contributed by atoms with Gasteiger partial charge < -0.3 is 10.2 Å². The molecule has 0 radical (unpaired) electrons. The highest BCUT2D eigenvalue weighted by Crippen LogP contribution is 2.26. The van der Waals surface area contributed by atoms with Crippen molar-refractivity contribution in [1.82, 2.24) is 9.97 Å². The van der Waals surface area contributed by atoms with E-state index in [1.165, 1.54) is 36.8 Å². The summed E-state index contributed by atoms with van der Waals surface area (Å²) >= 11 is 3.57. The fourth-order valence-corrected chi connectivity index (χ4v) is 3.98. The Hall–Kier alpha value is -1.62. The van der Waals surface area contributed by atoms with Gasteiger partial charge >= 0.3 is 0 Å². The molecule has 1 saturated carbocycles. The minimum atomic E-state index is 0.545. The molecule has 0 bridgehead atoms. The molecule has 0 spiro atoms. The van der Waals surface area contributed by atoms with Gasteiger partial charge in [-0.25, -0.2) is 4.98 Å². The second kappa shape index (κ2) is 6.48. The lowest BCUT2D eigenvalue weighted by molar-refractivity contribution is 0.713. The van der Waals surface area contributed by atoms with Gasteiger partial charge in [0.05, 0.1) is 0 Å². The first-order valence-electron chi connectivity index (χ1n) is 8.40. The van der Waals surface area contributed by atoms with Crippen LogP contribution in [0.4, 0.5) is 11.8 Å². The number of hydrogen-bond donors (Lipinski definition) is 1. The highest BCUT2D eigenvalue weighted by molar-refractivity contribution is 9.10. The lowest BCUT2D eigenvalue weighted by Crippen LogP contribution is -2.31. The molecule has 0 saturated heterocycles. The molecule has 5 heteroatoms. The molecule has 2 heterocycles. The van der Waals surface area contributed by atoms with Crippen LogP contribution in [0.5, 0.6) is 0 Å². The summed E-state index contributed by atoms with van der Waals surface area (Å²) in [5.41, 5.74) is 2.83. The van der Waals surface area contributed by atoms with Crippen molar-refractivity contribution in [3.8, 4) is 0 Å². The molecule has 1 aliphatic carbocycles. The molecule has 4 nitrogen and oxygen atoms in total. The number of aromatic nitrogens is 2. The van der Waals surface area contributed by atoms with Crippen LogP contribution in [0.1, 0.15) is 36.8 Å². The standard InChI is InChI=1S/C18H21BrN4/c19-15-6-5-13-8-10-23(12-14(13)11-15)17-7-9-20-18(22-17)21-16-3-1-2-4-16/h5-7,9,11,16H,1-4,8,10,12H2,(H,20,21,22). The largest absolute Gasteiger partial charge is 0.352 e. The zero-order chi connectivity index (χ0) is 15.6. The number of nitrogens with zero attached hydrogens (tertiary/aromatic N) is 3. The third-order valence-electron chi connectivity index (χ3n) is 4.83. The fourth-order valence-electron chi connectivity index (χ4n) is 3.57. The Labute approximate surface area is 145 Å². The maximum atomic E-state index is 4.75. The summed E-state index contributed by atoms with van der Waals surface area (Å²) in [6.07, 6.45) is 8.04. The van der Waals surface area contributed by atoms with Crippen molar-refractivity contribution < 1.29 is 0 Å². The Kier molecular flexibility index (Phi) is 4.21. The highest BCUT2D eigenvalue weighted by Gasteiger charge is 2.19. The van der Waals surface area contributed by atoms with E-state index >= 15 is 0 Å². The molecule has 2 aromatic rings. The number of rotatable bonds is 3. The molecule has 120 valence electrons. The van der Waals surface area contributed by atoms with Gasteiger partial charge in [-0.15, -0.1) is 0 Å². The maximum absolute atomic E-state index is 4.75. The molecule has 1 aromatic heterocycles. The van der Waals surface area contributed by atoms with Crippen molar-refractivity contribution in [2.45, 2.75) is 44.7 Å². The Morgan fingerprint density at radius 3 is 2.87 bits per heavy atom. The van der Waals surface area contributed by atoms with Crippen LogP contribution < -0.4 is 10.2 Å². The van der Waals surface area contributed by atoms with Crippen molar-refractivity contribution in [2.75, 3.05) is 16.8 Å². The van der Waals surface area contributed by atoms with E-state index in [2.05, 4.69) is 49.3 Å². The van der Waals surface area contributed by atoms with E-state index in [9.17, 15) is 0 Å². The normalized spacial score (nSPS) is 18.0. The summed E-state index contributed by atoms with van der Waals surface area (Å²) in [4.78, 5) is 11.5. The van der Waals surface area contributed by atoms with Gasteiger partial charge in [0.25, 0.3) is 0 Å². The van der Waals surface area contributed by atoms with E-state index in [4.69, 9.17) is 4.98 Å². The summed E-state index contributed by atoms with van der Waals surface area (Å²) in [5.74, 6) is 1.79. The van der Waals surface area contributed by atoms with Crippen molar-refractivity contribution >= 4 is 27.7 Å². The van der Waals surface area contributed by atoms with Crippen LogP contribution in [0, 0.1) is 0 Å². The first-order chi connectivity index (χ1) is 11.3. The predicted molar refractivity (Wildman–Crippen MR) is 96.8 cm³/mol. The van der Waals surface area contributed by atoms with Gasteiger partial charge in [0, 0.05) is 29.8 Å². The number of fused-ring (bicyclic) bond motifs is 1. The SMILES string of the molecule is Brc1ccc2c(c1)CN(c1ccnc(NC3CCCC3)n1)CC2. The van der Waals surface area contributed by atoms with Crippen LogP contribution in [0.3, 0.4) is 0 Å². The average Bonchev–Trinajstić information content (AvgIpc) is 3.07. The van der Waals surface area contributed by atoms with E-state index in [-0.39, 0.29) is 0 Å². The molecule has 1 aliphatic heterocycles. The number of hydrogen-bond acceptors (Lipinski definition) is 4. The van der Waals surface area contributed by atoms with Crippen molar-refractivity contribution in [1.29, 1.82) is 0 Å². The van der Waals surface area contributed by atoms with Gasteiger partial charge in [-0.3, -0.25) is 0 Å². The molecule has 1 aromatic carbocycles. The van der Waals surface area contributed by atoms with Crippen molar-refractivity contribution in [3.05, 3.63) is 46.1 Å². The Balaban J connectivity index is 1.52. The summed E-state index contributed by atoms with van der Waals surface area (Å²) in [6, 6.07) is 9.14. The average molecular weight is 373 g/mol. The summed E-state index contributed by atoms with van der Waals surface area (Å²) in [7, 11) is 0. The maximum Gasteiger partial charge on any atom is 0.224 e. The molecule has 0 unspecified atom stereocenters. The van der Waals surface area contributed by atoms with Crippen molar-refractivity contribution in [2.24, 2.45) is 0 Å². The van der Waals surface area contributed by atoms with E-state index in [0.717, 1.165) is 35.7 Å². The third-order valence-corrected chi connectivity index (χ3v) is 5.33. The summed E-state index contributed by atoms with van der Waals surface area (Å²) in [6.45, 7) is 1.92. The van der Waals surface area contributed by atoms with E-state index in [1.54, 1.807) is 0 Å². The van der Waals surface area contributed by atoms with Gasteiger partial charge in [-0.1, -0.05) is 34.8 Å². The Morgan fingerprint density at radius 1 is 1.13 bits per heavy atom. The monoisotopic (exact) mass is 372 g/mol. The van der Waals surface area contributed by atoms with Gasteiger partial charge in [0.2, 0.25) is 5.95 Å². The Bertz CT molecular complexity index is 697. The predicted octanol–water partition coefficient (Wildman–Crippen LogP) is 4.16. The quantitative estimate of drug-likeness (QED) is 0.878. The first kappa shape index (κ1) is 14.9. The van der Waals surface area contributed by atoms with Crippen molar-refractivity contribution in [3.63, 3.8) is 0 Å². The number of nitrogens with one attached hydrogen (secondary N) is 1. The van der Waals surface area contributed by atoms with Gasteiger partial charge in [-0.05, 0) is 48.6 Å². The molecule has 0 amide bonds. The summed E-state index contributed by atoms with van der Waals surface area (Å²) in [5, 5.41) is 3.49. The molecule has 23 heavy (non-hydrogen) atoms. The number of benzene rings is 1. The second-order valence-electron chi connectivity index (χ2n) is 6.45. The van der Waals surface area contributed by atoms with Crippen LogP contribution in [0.25, 0.3) is 0 Å². The van der Waals surface area contributed by atoms with Gasteiger partial charge in [-0.2, -0.15) is 4.98 Å². The van der Waals surface area contributed by atoms with Crippen LogP contribution in [0.15, 0.2) is 34.9 Å². The molecule has 0 atom stereocenters.